The number of hydrogen-bond donors (Lipinski definition) is 1. The average Bonchev–Trinajstić information content (AvgIpc) is 2.75. The maximum absolute atomic E-state index is 9.07. The number of rotatable bonds is 1. The Bertz CT molecular complexity index is 745. The van der Waals surface area contributed by atoms with Gasteiger partial charge < -0.3 is 10.2 Å². The number of hydrogen-bond acceptors (Lipinski definition) is 3. The third-order valence-electron chi connectivity index (χ3n) is 4.79. The smallest absolute Gasteiger partial charge is 0.0991 e. The quantitative estimate of drug-likeness (QED) is 0.877. The van der Waals surface area contributed by atoms with Crippen LogP contribution in [-0.4, -0.2) is 25.7 Å². The highest BCUT2D eigenvalue weighted by Gasteiger charge is 2.29. The summed E-state index contributed by atoms with van der Waals surface area (Å²) in [6.07, 6.45) is 2.36. The Hall–Kier alpha value is -2.31. The van der Waals surface area contributed by atoms with Crippen molar-refractivity contribution in [3.63, 3.8) is 0 Å². The van der Waals surface area contributed by atoms with Gasteiger partial charge in [-0.1, -0.05) is 18.2 Å². The first-order chi connectivity index (χ1) is 10.8. The Balaban J connectivity index is 1.70. The molecule has 0 amide bonds. The molecule has 4 rings (SSSR count). The lowest BCUT2D eigenvalue weighted by atomic mass is 9.99. The minimum absolute atomic E-state index is 0.644. The SMILES string of the molecule is N#Cc1cccc(-c2ccc3c(c2)CC2CCNCCN32)c1. The summed E-state index contributed by atoms with van der Waals surface area (Å²) in [7, 11) is 0. The van der Waals surface area contributed by atoms with Crippen molar-refractivity contribution in [3.8, 4) is 17.2 Å². The van der Waals surface area contributed by atoms with Gasteiger partial charge in [-0.3, -0.25) is 0 Å². The van der Waals surface area contributed by atoms with Gasteiger partial charge >= 0.3 is 0 Å². The Labute approximate surface area is 131 Å². The highest BCUT2D eigenvalue weighted by atomic mass is 15.2. The Kier molecular flexibility index (Phi) is 3.32. The van der Waals surface area contributed by atoms with E-state index in [1.165, 1.54) is 23.2 Å². The normalized spacial score (nSPS) is 20.0. The fraction of sp³-hybridized carbons (Fsp3) is 0.316. The molecule has 1 fully saturated rings. The largest absolute Gasteiger partial charge is 0.367 e. The van der Waals surface area contributed by atoms with Gasteiger partial charge in [0.2, 0.25) is 0 Å². The highest BCUT2D eigenvalue weighted by molar-refractivity contribution is 5.72. The third-order valence-corrected chi connectivity index (χ3v) is 4.79. The number of fused-ring (bicyclic) bond motifs is 3. The molecule has 0 radical (unpaired) electrons. The molecule has 1 N–H and O–H groups in total. The van der Waals surface area contributed by atoms with Crippen LogP contribution < -0.4 is 10.2 Å². The summed E-state index contributed by atoms with van der Waals surface area (Å²) in [6.45, 7) is 3.29. The van der Waals surface area contributed by atoms with Crippen LogP contribution in [0.1, 0.15) is 17.5 Å². The zero-order valence-electron chi connectivity index (χ0n) is 12.5. The van der Waals surface area contributed by atoms with Gasteiger partial charge in [0.25, 0.3) is 0 Å². The first kappa shape index (κ1) is 13.4. The number of nitrogens with one attached hydrogen (secondary N) is 1. The number of nitrogens with zero attached hydrogens (tertiary/aromatic N) is 2. The zero-order valence-corrected chi connectivity index (χ0v) is 12.5. The maximum Gasteiger partial charge on any atom is 0.0991 e. The van der Waals surface area contributed by atoms with Crippen molar-refractivity contribution in [1.29, 1.82) is 5.26 Å². The molecule has 3 heteroatoms. The molecule has 2 aliphatic heterocycles. The second-order valence-electron chi connectivity index (χ2n) is 6.13. The Morgan fingerprint density at radius 3 is 2.91 bits per heavy atom. The van der Waals surface area contributed by atoms with Gasteiger partial charge in [-0.2, -0.15) is 5.26 Å². The molecule has 3 nitrogen and oxygen atoms in total. The lowest BCUT2D eigenvalue weighted by Gasteiger charge is -2.24. The van der Waals surface area contributed by atoms with Gasteiger partial charge in [0, 0.05) is 24.8 Å². The molecule has 1 saturated heterocycles. The van der Waals surface area contributed by atoms with E-state index in [0.29, 0.717) is 6.04 Å². The summed E-state index contributed by atoms with van der Waals surface area (Å²) in [5.41, 5.74) is 5.91. The van der Waals surface area contributed by atoms with Crippen molar-refractivity contribution < 1.29 is 0 Å². The summed E-state index contributed by atoms with van der Waals surface area (Å²) >= 11 is 0. The molecular weight excluding hydrogens is 270 g/mol. The van der Waals surface area contributed by atoms with Crippen LogP contribution in [0.4, 0.5) is 5.69 Å². The van der Waals surface area contributed by atoms with Crippen LogP contribution in [0.25, 0.3) is 11.1 Å². The van der Waals surface area contributed by atoms with Gasteiger partial charge in [0.1, 0.15) is 0 Å². The van der Waals surface area contributed by atoms with Crippen molar-refractivity contribution in [2.24, 2.45) is 0 Å². The van der Waals surface area contributed by atoms with Crippen LogP contribution in [0.3, 0.4) is 0 Å². The van der Waals surface area contributed by atoms with Crippen LogP contribution in [0.5, 0.6) is 0 Å². The zero-order chi connectivity index (χ0) is 14.9. The fourth-order valence-corrected chi connectivity index (χ4v) is 3.69. The lowest BCUT2D eigenvalue weighted by Crippen LogP contribution is -2.32. The van der Waals surface area contributed by atoms with E-state index >= 15 is 0 Å². The van der Waals surface area contributed by atoms with E-state index in [2.05, 4.69) is 40.6 Å². The van der Waals surface area contributed by atoms with E-state index in [0.717, 1.165) is 37.2 Å². The first-order valence-electron chi connectivity index (χ1n) is 7.96. The number of anilines is 1. The van der Waals surface area contributed by atoms with Crippen LogP contribution in [0, 0.1) is 11.3 Å². The molecule has 0 bridgehead atoms. The molecule has 2 aliphatic rings. The Morgan fingerprint density at radius 1 is 1.09 bits per heavy atom. The summed E-state index contributed by atoms with van der Waals surface area (Å²) in [6, 6.07) is 17.5. The minimum atomic E-state index is 0.644. The van der Waals surface area contributed by atoms with Gasteiger partial charge in [0.05, 0.1) is 11.6 Å². The van der Waals surface area contributed by atoms with Crippen molar-refractivity contribution >= 4 is 5.69 Å². The van der Waals surface area contributed by atoms with E-state index < -0.39 is 0 Å². The van der Waals surface area contributed by atoms with Crippen LogP contribution in [0.15, 0.2) is 42.5 Å². The molecule has 1 unspecified atom stereocenters. The van der Waals surface area contributed by atoms with Crippen LogP contribution in [-0.2, 0) is 6.42 Å². The van der Waals surface area contributed by atoms with Crippen molar-refractivity contribution in [2.75, 3.05) is 24.5 Å². The average molecular weight is 289 g/mol. The van der Waals surface area contributed by atoms with E-state index in [4.69, 9.17) is 5.26 Å². The second kappa shape index (κ2) is 5.47. The summed E-state index contributed by atoms with van der Waals surface area (Å²) in [4.78, 5) is 2.56. The molecule has 0 spiro atoms. The molecular formula is C19H19N3. The minimum Gasteiger partial charge on any atom is -0.367 e. The van der Waals surface area contributed by atoms with Gasteiger partial charge in [-0.05, 0) is 60.3 Å². The molecule has 0 saturated carbocycles. The number of benzene rings is 2. The van der Waals surface area contributed by atoms with Crippen LogP contribution >= 0.6 is 0 Å². The summed E-state index contributed by atoms with van der Waals surface area (Å²) in [5, 5.41) is 12.6. The van der Waals surface area contributed by atoms with E-state index in [1.54, 1.807) is 0 Å². The third kappa shape index (κ3) is 2.26. The van der Waals surface area contributed by atoms with Crippen molar-refractivity contribution in [3.05, 3.63) is 53.6 Å². The van der Waals surface area contributed by atoms with Crippen molar-refractivity contribution in [1.82, 2.24) is 5.32 Å². The monoisotopic (exact) mass is 289 g/mol. The van der Waals surface area contributed by atoms with E-state index in [1.807, 2.05) is 18.2 Å². The van der Waals surface area contributed by atoms with Gasteiger partial charge in [-0.25, -0.2) is 0 Å². The predicted octanol–water partition coefficient (Wildman–Crippen LogP) is 2.95. The first-order valence-corrected chi connectivity index (χ1v) is 7.96. The van der Waals surface area contributed by atoms with E-state index in [9.17, 15) is 0 Å². The summed E-state index contributed by atoms with van der Waals surface area (Å²) in [5.74, 6) is 0. The lowest BCUT2D eigenvalue weighted by molar-refractivity contribution is 0.612. The molecule has 0 aromatic heterocycles. The Morgan fingerprint density at radius 2 is 2.00 bits per heavy atom. The molecule has 2 aromatic carbocycles. The molecule has 0 aliphatic carbocycles. The highest BCUT2D eigenvalue weighted by Crippen LogP contribution is 2.36. The topological polar surface area (TPSA) is 39.1 Å². The van der Waals surface area contributed by atoms with E-state index in [-0.39, 0.29) is 0 Å². The van der Waals surface area contributed by atoms with Crippen LogP contribution in [0.2, 0.25) is 0 Å². The molecule has 1 atom stereocenters. The molecule has 2 aromatic rings. The molecule has 2 heterocycles. The van der Waals surface area contributed by atoms with Gasteiger partial charge in [0.15, 0.2) is 0 Å². The number of nitriles is 1. The maximum atomic E-state index is 9.07. The standard InChI is InChI=1S/C19H19N3/c20-13-14-2-1-3-15(10-14)16-4-5-19-17(11-16)12-18-6-7-21-8-9-22(18)19/h1-5,10-11,18,21H,6-9,12H2. The summed E-state index contributed by atoms with van der Waals surface area (Å²) < 4.78 is 0. The predicted molar refractivity (Wildman–Crippen MR) is 88.9 cm³/mol. The second-order valence-corrected chi connectivity index (χ2v) is 6.13. The van der Waals surface area contributed by atoms with Crippen molar-refractivity contribution in [2.45, 2.75) is 18.9 Å². The molecule has 22 heavy (non-hydrogen) atoms. The van der Waals surface area contributed by atoms with Gasteiger partial charge in [-0.15, -0.1) is 0 Å². The molecule has 110 valence electrons. The fourth-order valence-electron chi connectivity index (χ4n) is 3.69.